The molecule has 0 amide bonds. The average Bonchev–Trinajstić information content (AvgIpc) is 0.707. The molecule has 552 valence electrons. The van der Waals surface area contributed by atoms with E-state index in [1.165, 1.54) is 187 Å². The fraction of sp³-hybridized carbons (Fsp3) is 0.245. The van der Waals surface area contributed by atoms with Crippen LogP contribution < -0.4 is 19.6 Å². The molecule has 0 saturated carbocycles. The second-order valence-electron chi connectivity index (χ2n) is 30.8. The molecule has 15 aromatic carbocycles. The molecule has 0 saturated heterocycles. The first-order valence-electron chi connectivity index (χ1n) is 41.4. The quantitative estimate of drug-likeness (QED) is 0.0308. The minimum Gasteiger partial charge on any atom is -0.311 e. The van der Waals surface area contributed by atoms with Gasteiger partial charge in [-0.05, 0) is 371 Å². The molecule has 0 aliphatic rings. The predicted octanol–water partition coefficient (Wildman–Crippen LogP) is 31.6. The summed E-state index contributed by atoms with van der Waals surface area (Å²) in [5.74, 6) is 0. The highest BCUT2D eigenvalue weighted by atomic mass is 15.2. The summed E-state index contributed by atoms with van der Waals surface area (Å²) in [6.45, 7) is 18.2. The molecular weight excluding hydrogens is 1330 g/mol. The van der Waals surface area contributed by atoms with Crippen LogP contribution >= 0.6 is 0 Å². The summed E-state index contributed by atoms with van der Waals surface area (Å²) in [5, 5.41) is 10.4. The van der Waals surface area contributed by atoms with Crippen molar-refractivity contribution in [2.75, 3.05) is 19.6 Å². The fourth-order valence-corrected chi connectivity index (χ4v) is 16.5. The molecule has 0 aromatic heterocycles. The van der Waals surface area contributed by atoms with Gasteiger partial charge in [0.15, 0.2) is 0 Å². The lowest BCUT2D eigenvalue weighted by molar-refractivity contribution is 0.795. The molecule has 4 nitrogen and oxygen atoms in total. The van der Waals surface area contributed by atoms with E-state index in [9.17, 15) is 0 Å². The van der Waals surface area contributed by atoms with Gasteiger partial charge in [0, 0.05) is 68.2 Å². The first-order valence-corrected chi connectivity index (χ1v) is 41.4. The molecule has 4 heteroatoms. The zero-order valence-corrected chi connectivity index (χ0v) is 66.2. The highest BCUT2D eigenvalue weighted by molar-refractivity contribution is 6.34. The normalized spacial score (nSPS) is 11.6. The number of nitrogens with zero attached hydrogens (tertiary/aromatic N) is 4. The first kappa shape index (κ1) is 74.3. The van der Waals surface area contributed by atoms with E-state index in [4.69, 9.17) is 0 Å². The zero-order valence-electron chi connectivity index (χ0n) is 66.2. The van der Waals surface area contributed by atoms with E-state index in [1.807, 2.05) is 0 Å². The Kier molecular flexibility index (Phi) is 23.3. The summed E-state index contributed by atoms with van der Waals surface area (Å²) < 4.78 is 0. The zero-order chi connectivity index (χ0) is 75.5. The monoisotopic (exact) mass is 1440 g/mol. The Bertz CT molecular complexity index is 5060. The van der Waals surface area contributed by atoms with Gasteiger partial charge in [-0.15, -0.1) is 0 Å². The minimum atomic E-state index is 1.08. The van der Waals surface area contributed by atoms with Crippen LogP contribution in [0.3, 0.4) is 0 Å². The summed E-state index contributed by atoms with van der Waals surface area (Å²) in [4.78, 5) is 9.69. The second kappa shape index (κ2) is 34.6. The van der Waals surface area contributed by atoms with E-state index in [1.54, 1.807) is 0 Å². The molecule has 0 atom stereocenters. The van der Waals surface area contributed by atoms with Gasteiger partial charge in [0.25, 0.3) is 0 Å². The number of hydrogen-bond donors (Lipinski definition) is 0. The third-order valence-electron chi connectivity index (χ3n) is 23.0. The van der Waals surface area contributed by atoms with Crippen molar-refractivity contribution < 1.29 is 0 Å². The van der Waals surface area contributed by atoms with Gasteiger partial charge in [-0.3, -0.25) is 0 Å². The maximum absolute atomic E-state index is 2.49. The summed E-state index contributed by atoms with van der Waals surface area (Å²) in [7, 11) is 0. The Morgan fingerprint density at radius 3 is 0.536 bits per heavy atom. The van der Waals surface area contributed by atoms with E-state index in [-0.39, 0.29) is 0 Å². The van der Waals surface area contributed by atoms with Crippen LogP contribution in [0.1, 0.15) is 163 Å². The van der Waals surface area contributed by atoms with E-state index in [0.29, 0.717) is 0 Å². The third-order valence-corrected chi connectivity index (χ3v) is 23.0. The third kappa shape index (κ3) is 16.1. The standard InChI is InChI=1S/C106H108N4/c1-9-15-21-77-29-45-87(46-30-77)107(88-47-31-78(32-48-88)22-16-10-2)95-61-65-97(66-62-95)109(91-53-37-81(38-54-91)25-19-13-5)93-57-41-83(42-58-93)85-71-101-75(7)27-69-99-100-70-28-76(8)102-72-86(74-104(106(100)102)103(73-85)105(99)101)84-43-59-94(60-44-84)110(92-55-39-82(40-56-92)26-20-14-6)98-67-63-96(64-68-98)108(89-49-33-79(34-50-89)23-17-11-3)90-51-35-80(36-52-90)24-18-12-4/h27-74H,9-26H2,1-8H3. The maximum atomic E-state index is 2.49. The molecule has 110 heavy (non-hydrogen) atoms. The van der Waals surface area contributed by atoms with Gasteiger partial charge in [0.1, 0.15) is 0 Å². The summed E-state index contributed by atoms with van der Waals surface area (Å²) in [5.41, 5.74) is 29.2. The van der Waals surface area contributed by atoms with Crippen LogP contribution in [0.15, 0.2) is 291 Å². The van der Waals surface area contributed by atoms with E-state index in [0.717, 1.165) is 107 Å². The average molecular weight is 1440 g/mol. The Hall–Kier alpha value is -11.2. The Labute approximate surface area is 655 Å². The first-order chi connectivity index (χ1) is 54.1. The SMILES string of the molecule is CCCCc1ccc(N(c2ccc(CCCC)cc2)c2ccc(N(c3ccc(CCCC)cc3)c3ccc(-c4cc5c(C)ccc6c7ccc(C)c8cc(-c9ccc(N(c%10ccc(CCCC)cc%10)c%10ccc(N(c%11ccc(CCCC)cc%11)c%11ccc(CCCC)cc%11)cc%10)cc9)cc(c(c4)c56)c87)cc3)cc2)cc1. The van der Waals surface area contributed by atoms with Gasteiger partial charge in [0.2, 0.25) is 0 Å². The van der Waals surface area contributed by atoms with Crippen LogP contribution in [0.25, 0.3) is 65.3 Å². The van der Waals surface area contributed by atoms with Crippen LogP contribution in [0.4, 0.5) is 68.2 Å². The molecule has 0 heterocycles. The number of anilines is 12. The molecule has 0 aliphatic heterocycles. The van der Waals surface area contributed by atoms with E-state index < -0.39 is 0 Å². The summed E-state index contributed by atoms with van der Waals surface area (Å²) in [6.07, 6.45) is 20.8. The number of unbranched alkanes of at least 4 members (excludes halogenated alkanes) is 6. The molecule has 0 radical (unpaired) electrons. The highest BCUT2D eigenvalue weighted by Crippen LogP contribution is 2.48. The van der Waals surface area contributed by atoms with Crippen LogP contribution in [0.2, 0.25) is 0 Å². The molecule has 0 unspecified atom stereocenters. The number of fused-ring (bicyclic) bond motifs is 2. The van der Waals surface area contributed by atoms with Crippen LogP contribution in [0, 0.1) is 13.8 Å². The van der Waals surface area contributed by atoms with Crippen LogP contribution in [-0.4, -0.2) is 0 Å². The van der Waals surface area contributed by atoms with Crippen molar-refractivity contribution in [3.8, 4) is 22.3 Å². The van der Waals surface area contributed by atoms with Crippen molar-refractivity contribution in [3.05, 3.63) is 336 Å². The van der Waals surface area contributed by atoms with Crippen molar-refractivity contribution in [1.29, 1.82) is 0 Å². The van der Waals surface area contributed by atoms with Crippen molar-refractivity contribution in [2.24, 2.45) is 0 Å². The van der Waals surface area contributed by atoms with Crippen LogP contribution in [-0.2, 0) is 38.5 Å². The minimum absolute atomic E-state index is 1.08. The summed E-state index contributed by atoms with van der Waals surface area (Å²) in [6, 6.07) is 112. The van der Waals surface area contributed by atoms with Crippen molar-refractivity contribution >= 4 is 111 Å². The van der Waals surface area contributed by atoms with Gasteiger partial charge >= 0.3 is 0 Å². The van der Waals surface area contributed by atoms with Gasteiger partial charge in [0.05, 0.1) is 0 Å². The van der Waals surface area contributed by atoms with Gasteiger partial charge in [-0.2, -0.15) is 0 Å². The van der Waals surface area contributed by atoms with Gasteiger partial charge < -0.3 is 19.6 Å². The topological polar surface area (TPSA) is 13.0 Å². The molecule has 15 aromatic rings. The van der Waals surface area contributed by atoms with E-state index in [2.05, 4.69) is 366 Å². The molecular formula is C106H108N4. The Balaban J connectivity index is 0.786. The molecule has 0 aliphatic carbocycles. The molecule has 15 rings (SSSR count). The number of rotatable bonds is 32. The Morgan fingerprint density at radius 1 is 0.173 bits per heavy atom. The lowest BCUT2D eigenvalue weighted by Gasteiger charge is -2.29. The second-order valence-corrected chi connectivity index (χ2v) is 30.8. The predicted molar refractivity (Wildman–Crippen MR) is 478 cm³/mol. The lowest BCUT2D eigenvalue weighted by atomic mass is 9.84. The van der Waals surface area contributed by atoms with Crippen molar-refractivity contribution in [3.63, 3.8) is 0 Å². The van der Waals surface area contributed by atoms with E-state index >= 15 is 0 Å². The summed E-state index contributed by atoms with van der Waals surface area (Å²) >= 11 is 0. The maximum Gasteiger partial charge on any atom is 0.0463 e. The fourth-order valence-electron chi connectivity index (χ4n) is 16.5. The lowest BCUT2D eigenvalue weighted by Crippen LogP contribution is -2.12. The largest absolute Gasteiger partial charge is 0.311 e. The smallest absolute Gasteiger partial charge is 0.0463 e. The molecule has 0 spiro atoms. The highest BCUT2D eigenvalue weighted by Gasteiger charge is 2.23. The van der Waals surface area contributed by atoms with Gasteiger partial charge in [-0.1, -0.05) is 201 Å². The molecule has 0 N–H and O–H groups in total. The van der Waals surface area contributed by atoms with Crippen molar-refractivity contribution in [1.82, 2.24) is 0 Å². The number of hydrogen-bond acceptors (Lipinski definition) is 4. The number of aryl methyl sites for hydroxylation is 8. The van der Waals surface area contributed by atoms with Crippen molar-refractivity contribution in [2.45, 2.75) is 171 Å². The molecule has 0 bridgehead atoms. The number of benzene rings is 15. The molecule has 0 fully saturated rings. The van der Waals surface area contributed by atoms with Gasteiger partial charge in [-0.25, -0.2) is 0 Å². The van der Waals surface area contributed by atoms with Crippen LogP contribution in [0.5, 0.6) is 0 Å². The Morgan fingerprint density at radius 2 is 0.345 bits per heavy atom.